The highest BCUT2D eigenvalue weighted by Gasteiger charge is 2.27. The molecule has 0 unspecified atom stereocenters. The number of benzene rings is 2. The number of halogens is 2. The average Bonchev–Trinajstić information content (AvgIpc) is 2.99. The van der Waals surface area contributed by atoms with Crippen molar-refractivity contribution in [2.75, 3.05) is 63.1 Å². The van der Waals surface area contributed by atoms with Gasteiger partial charge in [0.1, 0.15) is 11.5 Å². The van der Waals surface area contributed by atoms with Crippen molar-refractivity contribution >= 4 is 40.0 Å². The van der Waals surface area contributed by atoms with Crippen LogP contribution in [-0.2, 0) is 0 Å². The number of rotatable bonds is 7. The summed E-state index contributed by atoms with van der Waals surface area (Å²) in [7, 11) is 2.16. The van der Waals surface area contributed by atoms with Crippen molar-refractivity contribution in [1.82, 2.24) is 24.3 Å². The molecule has 2 fully saturated rings. The molecule has 0 aliphatic carbocycles. The zero-order valence-corrected chi connectivity index (χ0v) is 26.8. The maximum atomic E-state index is 14.4. The number of nitrogens with one attached hydrogen (secondary N) is 1. The fourth-order valence-corrected chi connectivity index (χ4v) is 7.03. The fourth-order valence-electron chi connectivity index (χ4n) is 6.77. The van der Waals surface area contributed by atoms with Gasteiger partial charge in [-0.25, -0.2) is 9.37 Å². The smallest absolute Gasteiger partial charge is 0.260 e. The summed E-state index contributed by atoms with van der Waals surface area (Å²) in [5.74, 6) is -0.00329. The number of fused-ring (bicyclic) bond motifs is 1. The number of hydrogen-bond acceptors (Lipinski definition) is 7. The van der Waals surface area contributed by atoms with Crippen LogP contribution in [0.25, 0.3) is 22.2 Å². The molecule has 1 atom stereocenters. The quantitative estimate of drug-likeness (QED) is 0.257. The zero-order valence-electron chi connectivity index (χ0n) is 26.0. The van der Waals surface area contributed by atoms with Gasteiger partial charge in [0.15, 0.2) is 0 Å². The van der Waals surface area contributed by atoms with Gasteiger partial charge in [0, 0.05) is 61.2 Å². The van der Waals surface area contributed by atoms with Crippen molar-refractivity contribution in [3.05, 3.63) is 74.9 Å². The van der Waals surface area contributed by atoms with Gasteiger partial charge >= 0.3 is 0 Å². The molecular formula is C34H41ClFN7O. The second kappa shape index (κ2) is 12.8. The van der Waals surface area contributed by atoms with E-state index in [1.165, 1.54) is 23.4 Å². The first-order valence-electron chi connectivity index (χ1n) is 15.6. The van der Waals surface area contributed by atoms with Crippen LogP contribution >= 0.6 is 11.6 Å². The van der Waals surface area contributed by atoms with Crippen LogP contribution < -0.4 is 15.8 Å². The number of aryl methyl sites for hydroxylation is 2. The predicted molar refractivity (Wildman–Crippen MR) is 178 cm³/mol. The molecule has 2 saturated heterocycles. The van der Waals surface area contributed by atoms with Crippen LogP contribution in [0.15, 0.2) is 47.4 Å². The minimum atomic E-state index is -0.439. The normalized spacial score (nSPS) is 18.2. The molecule has 8 nitrogen and oxygen atoms in total. The minimum absolute atomic E-state index is 0.0586. The van der Waals surface area contributed by atoms with Gasteiger partial charge in [-0.15, -0.1) is 0 Å². The lowest BCUT2D eigenvalue weighted by molar-refractivity contribution is 0.178. The van der Waals surface area contributed by atoms with Gasteiger partial charge in [0.05, 0.1) is 16.6 Å². The number of piperazine rings is 1. The monoisotopic (exact) mass is 617 g/mol. The maximum absolute atomic E-state index is 14.4. The molecule has 1 N–H and O–H groups in total. The molecule has 4 aromatic rings. The lowest BCUT2D eigenvalue weighted by Crippen LogP contribution is -2.44. The number of aromatic nitrogens is 3. The van der Waals surface area contributed by atoms with Crippen LogP contribution in [-0.4, -0.2) is 77.2 Å². The summed E-state index contributed by atoms with van der Waals surface area (Å²) in [5, 5.41) is 4.38. The Morgan fingerprint density at radius 3 is 2.59 bits per heavy atom. The molecule has 0 amide bonds. The molecule has 0 bridgehead atoms. The molecule has 6 rings (SSSR count). The van der Waals surface area contributed by atoms with E-state index in [2.05, 4.69) is 64.1 Å². The zero-order chi connectivity index (χ0) is 31.0. The first-order chi connectivity index (χ1) is 21.2. The van der Waals surface area contributed by atoms with Crippen molar-refractivity contribution < 1.29 is 4.39 Å². The highest BCUT2D eigenvalue weighted by atomic mass is 35.5. The van der Waals surface area contributed by atoms with E-state index >= 15 is 0 Å². The molecule has 0 saturated carbocycles. The van der Waals surface area contributed by atoms with Crippen LogP contribution in [0.4, 0.5) is 21.7 Å². The van der Waals surface area contributed by atoms with Crippen LogP contribution in [0.1, 0.15) is 43.4 Å². The third-order valence-electron chi connectivity index (χ3n) is 9.09. The summed E-state index contributed by atoms with van der Waals surface area (Å²) in [5.41, 5.74) is 5.48. The number of nitrogens with zero attached hydrogens (tertiary/aromatic N) is 6. The topological polar surface area (TPSA) is 69.5 Å². The summed E-state index contributed by atoms with van der Waals surface area (Å²) < 4.78 is 15.8. The second-order valence-electron chi connectivity index (χ2n) is 12.2. The summed E-state index contributed by atoms with van der Waals surface area (Å²) in [6.45, 7) is 13.1. The molecule has 2 aromatic carbocycles. The number of piperidine rings is 1. The van der Waals surface area contributed by atoms with E-state index in [1.54, 1.807) is 12.3 Å². The summed E-state index contributed by atoms with van der Waals surface area (Å²) in [6, 6.07) is 10.5. The van der Waals surface area contributed by atoms with Gasteiger partial charge < -0.3 is 20.0 Å². The molecule has 2 aromatic heterocycles. The first-order valence-corrected chi connectivity index (χ1v) is 16.0. The Hall–Kier alpha value is -3.53. The van der Waals surface area contributed by atoms with E-state index in [4.69, 9.17) is 16.6 Å². The molecule has 0 radical (unpaired) electrons. The Kier molecular flexibility index (Phi) is 8.89. The van der Waals surface area contributed by atoms with Crippen LogP contribution in [0, 0.1) is 19.7 Å². The average molecular weight is 618 g/mol. The molecule has 10 heteroatoms. The highest BCUT2D eigenvalue weighted by Crippen LogP contribution is 2.34. The second-order valence-corrected chi connectivity index (χ2v) is 12.7. The molecule has 2 aliphatic heterocycles. The Bertz CT molecular complexity index is 1730. The SMILES string of the molecule is CCCN1CCC[C@H](n2c(=O)c(-c3ccc(F)cc3Cl)c(C)c3cnc(Nc4ccc(N5CCN(C)CC5)c(C)c4)nc32)C1. The Morgan fingerprint density at radius 1 is 1.07 bits per heavy atom. The van der Waals surface area contributed by atoms with Crippen LogP contribution in [0.3, 0.4) is 0 Å². The third-order valence-corrected chi connectivity index (χ3v) is 9.40. The van der Waals surface area contributed by atoms with Crippen molar-refractivity contribution in [3.8, 4) is 11.1 Å². The number of anilines is 3. The molecule has 4 heterocycles. The van der Waals surface area contributed by atoms with Crippen LogP contribution in [0.2, 0.25) is 5.02 Å². The summed E-state index contributed by atoms with van der Waals surface area (Å²) in [4.78, 5) is 31.3. The molecule has 232 valence electrons. The minimum Gasteiger partial charge on any atom is -0.369 e. The largest absolute Gasteiger partial charge is 0.369 e. The van der Waals surface area contributed by atoms with Crippen molar-refractivity contribution in [3.63, 3.8) is 0 Å². The van der Waals surface area contributed by atoms with Gasteiger partial charge in [-0.1, -0.05) is 18.5 Å². The summed E-state index contributed by atoms with van der Waals surface area (Å²) >= 11 is 6.51. The van der Waals surface area contributed by atoms with E-state index in [0.717, 1.165) is 81.7 Å². The maximum Gasteiger partial charge on any atom is 0.260 e. The van der Waals surface area contributed by atoms with Crippen molar-refractivity contribution in [2.45, 2.75) is 46.1 Å². The van der Waals surface area contributed by atoms with E-state index in [-0.39, 0.29) is 16.6 Å². The molecule has 2 aliphatic rings. The van der Waals surface area contributed by atoms with E-state index in [1.807, 2.05) is 11.5 Å². The lowest BCUT2D eigenvalue weighted by Gasteiger charge is -2.35. The third kappa shape index (κ3) is 6.05. The fraction of sp³-hybridized carbons (Fsp3) is 0.441. The summed E-state index contributed by atoms with van der Waals surface area (Å²) in [6.07, 6.45) is 4.70. The number of hydrogen-bond donors (Lipinski definition) is 1. The predicted octanol–water partition coefficient (Wildman–Crippen LogP) is 6.41. The number of likely N-dealkylation sites (tertiary alicyclic amines) is 1. The van der Waals surface area contributed by atoms with E-state index in [0.29, 0.717) is 22.7 Å². The molecule has 0 spiro atoms. The van der Waals surface area contributed by atoms with Gasteiger partial charge in [-0.2, -0.15) is 4.98 Å². The van der Waals surface area contributed by atoms with Gasteiger partial charge in [0.2, 0.25) is 5.95 Å². The van der Waals surface area contributed by atoms with Crippen LogP contribution in [0.5, 0.6) is 0 Å². The highest BCUT2D eigenvalue weighted by molar-refractivity contribution is 6.33. The Morgan fingerprint density at radius 2 is 1.86 bits per heavy atom. The lowest BCUT2D eigenvalue weighted by atomic mass is 9.98. The molecule has 44 heavy (non-hydrogen) atoms. The first kappa shape index (κ1) is 30.5. The Balaban J connectivity index is 1.42. The van der Waals surface area contributed by atoms with Crippen molar-refractivity contribution in [2.24, 2.45) is 0 Å². The Labute approximate surface area is 263 Å². The van der Waals surface area contributed by atoms with Gasteiger partial charge in [0.25, 0.3) is 5.56 Å². The number of likely N-dealkylation sites (N-methyl/N-ethyl adjacent to an activating group) is 1. The van der Waals surface area contributed by atoms with Gasteiger partial charge in [-0.3, -0.25) is 9.36 Å². The van der Waals surface area contributed by atoms with Crippen molar-refractivity contribution in [1.29, 1.82) is 0 Å². The standard InChI is InChI=1S/C34H41ClFN7O/c1-5-12-41-13-6-7-26(21-41)43-32-28(23(3)31(33(43)44)27-10-8-24(36)19-29(27)35)20-37-34(39-32)38-25-9-11-30(22(2)18-25)42-16-14-40(4)15-17-42/h8-11,18-20,26H,5-7,12-17,21H2,1-4H3,(H,37,38,39)/t26-/m0/s1. The molecular weight excluding hydrogens is 577 g/mol. The van der Waals surface area contributed by atoms with E-state index < -0.39 is 5.82 Å². The number of pyridine rings is 1. The van der Waals surface area contributed by atoms with E-state index in [9.17, 15) is 9.18 Å². The van der Waals surface area contributed by atoms with Gasteiger partial charge in [-0.05, 0) is 101 Å².